The molecule has 1 aliphatic rings. The Morgan fingerprint density at radius 1 is 1.29 bits per heavy atom. The number of carbonyl (C=O) groups excluding carboxylic acids is 1. The highest BCUT2D eigenvalue weighted by Crippen LogP contribution is 2.24. The maximum Gasteiger partial charge on any atom is 0.220 e. The molecule has 160 valence electrons. The van der Waals surface area contributed by atoms with Crippen molar-refractivity contribution in [1.82, 2.24) is 20.1 Å². The summed E-state index contributed by atoms with van der Waals surface area (Å²) in [5.74, 6) is 0.662. The second-order valence-electron chi connectivity index (χ2n) is 6.91. The van der Waals surface area contributed by atoms with Gasteiger partial charge >= 0.3 is 0 Å². The Labute approximate surface area is 194 Å². The number of unbranched alkanes of at least 4 members (excludes halogenated alkanes) is 1. The number of guanidine groups is 1. The van der Waals surface area contributed by atoms with Gasteiger partial charge in [0, 0.05) is 32.3 Å². The van der Waals surface area contributed by atoms with Gasteiger partial charge < -0.3 is 25.8 Å². The lowest BCUT2D eigenvalue weighted by Gasteiger charge is -2.30. The van der Waals surface area contributed by atoms with E-state index in [4.69, 9.17) is 28.9 Å². The molecule has 10 heteroatoms. The van der Waals surface area contributed by atoms with E-state index < -0.39 is 0 Å². The Morgan fingerprint density at radius 2 is 1.96 bits per heavy atom. The fourth-order valence-corrected chi connectivity index (χ4v) is 3.68. The van der Waals surface area contributed by atoms with E-state index in [9.17, 15) is 4.79 Å². The van der Waals surface area contributed by atoms with Crippen LogP contribution in [0, 0.1) is 5.92 Å². The van der Waals surface area contributed by atoms with E-state index in [0.717, 1.165) is 63.5 Å². The van der Waals surface area contributed by atoms with Crippen LogP contribution in [0.3, 0.4) is 0 Å². The second kappa shape index (κ2) is 12.8. The molecule has 1 saturated heterocycles. The van der Waals surface area contributed by atoms with Crippen LogP contribution < -0.4 is 16.4 Å². The number of amides is 1. The minimum Gasteiger partial charge on any atom is -0.369 e. The van der Waals surface area contributed by atoms with E-state index in [0.29, 0.717) is 16.7 Å². The topological polar surface area (TPSA) is 87.7 Å². The number of likely N-dealkylation sites (tertiary alicyclic amines) is 1. The first-order valence-electron chi connectivity index (χ1n) is 9.38. The average molecular weight is 545 g/mol. The van der Waals surface area contributed by atoms with Crippen molar-refractivity contribution in [3.63, 3.8) is 0 Å². The van der Waals surface area contributed by atoms with Crippen molar-refractivity contribution in [1.29, 1.82) is 0 Å². The SMILES string of the molecule is CN=C(NCCCCN1CCC(C(N)=O)CC1)NCc1cc(Cl)c(Cl)n1C.I. The monoisotopic (exact) mass is 544 g/mol. The van der Waals surface area contributed by atoms with Crippen molar-refractivity contribution in [2.75, 3.05) is 33.2 Å². The smallest absolute Gasteiger partial charge is 0.220 e. The lowest BCUT2D eigenvalue weighted by atomic mass is 9.96. The zero-order valence-electron chi connectivity index (χ0n) is 16.5. The number of rotatable bonds is 8. The van der Waals surface area contributed by atoms with Gasteiger partial charge in [0.25, 0.3) is 0 Å². The maximum absolute atomic E-state index is 11.2. The second-order valence-corrected chi connectivity index (χ2v) is 7.68. The number of halogens is 3. The highest BCUT2D eigenvalue weighted by Gasteiger charge is 2.22. The zero-order valence-corrected chi connectivity index (χ0v) is 20.4. The standard InChI is InChI=1S/C18H30Cl2N6O.HI/c1-22-18(24-12-14-11-15(19)16(20)25(14)2)23-7-3-4-8-26-9-5-13(6-10-26)17(21)27;/h11,13H,3-10,12H2,1-2H3,(H2,21,27)(H2,22,23,24);1H. The molecule has 1 aliphatic heterocycles. The fraction of sp³-hybridized carbons (Fsp3) is 0.667. The fourth-order valence-electron chi connectivity index (χ4n) is 3.26. The number of piperidine rings is 1. The Balaban J connectivity index is 0.00000392. The predicted octanol–water partition coefficient (Wildman–Crippen LogP) is 2.59. The molecule has 1 fully saturated rings. The molecule has 1 aromatic heterocycles. The number of primary amides is 1. The molecule has 4 N–H and O–H groups in total. The summed E-state index contributed by atoms with van der Waals surface area (Å²) in [4.78, 5) is 17.8. The average Bonchev–Trinajstić information content (AvgIpc) is 2.91. The van der Waals surface area contributed by atoms with Gasteiger partial charge in [-0.1, -0.05) is 23.2 Å². The summed E-state index contributed by atoms with van der Waals surface area (Å²) in [6.07, 6.45) is 3.93. The number of aromatic nitrogens is 1. The highest BCUT2D eigenvalue weighted by atomic mass is 127. The van der Waals surface area contributed by atoms with E-state index >= 15 is 0 Å². The quantitative estimate of drug-likeness (QED) is 0.203. The van der Waals surface area contributed by atoms with Crippen molar-refractivity contribution in [3.05, 3.63) is 21.9 Å². The van der Waals surface area contributed by atoms with Crippen molar-refractivity contribution >= 4 is 59.0 Å². The molecule has 0 unspecified atom stereocenters. The van der Waals surface area contributed by atoms with Gasteiger partial charge in [-0.3, -0.25) is 9.79 Å². The molecule has 0 radical (unpaired) electrons. The third-order valence-corrected chi connectivity index (χ3v) is 5.90. The molecular weight excluding hydrogens is 514 g/mol. The lowest BCUT2D eigenvalue weighted by molar-refractivity contribution is -0.123. The summed E-state index contributed by atoms with van der Waals surface area (Å²) >= 11 is 12.1. The van der Waals surface area contributed by atoms with E-state index in [2.05, 4.69) is 20.5 Å². The van der Waals surface area contributed by atoms with Crippen LogP contribution in [-0.4, -0.2) is 54.6 Å². The largest absolute Gasteiger partial charge is 0.369 e. The molecule has 7 nitrogen and oxygen atoms in total. The van der Waals surface area contributed by atoms with Crippen LogP contribution in [0.15, 0.2) is 11.1 Å². The maximum atomic E-state index is 11.2. The van der Waals surface area contributed by atoms with Crippen LogP contribution in [0.5, 0.6) is 0 Å². The summed E-state index contributed by atoms with van der Waals surface area (Å²) in [5, 5.41) is 7.69. The number of aliphatic imine (C=N–C) groups is 1. The van der Waals surface area contributed by atoms with Crippen molar-refractivity contribution in [3.8, 4) is 0 Å². The van der Waals surface area contributed by atoms with Crippen LogP contribution >= 0.6 is 47.2 Å². The van der Waals surface area contributed by atoms with Gasteiger partial charge in [-0.15, -0.1) is 24.0 Å². The third kappa shape index (κ3) is 7.61. The molecule has 0 bridgehead atoms. The predicted molar refractivity (Wildman–Crippen MR) is 127 cm³/mol. The molecular formula is C18H31Cl2IN6O. The van der Waals surface area contributed by atoms with Gasteiger partial charge in [-0.05, 0) is 51.4 Å². The minimum absolute atomic E-state index is 0. The van der Waals surface area contributed by atoms with Gasteiger partial charge in [0.2, 0.25) is 5.91 Å². The molecule has 0 saturated carbocycles. The van der Waals surface area contributed by atoms with Crippen molar-refractivity contribution < 1.29 is 4.79 Å². The van der Waals surface area contributed by atoms with Gasteiger partial charge in [-0.25, -0.2) is 0 Å². The first-order valence-corrected chi connectivity index (χ1v) is 10.1. The molecule has 1 aromatic rings. The van der Waals surface area contributed by atoms with Crippen LogP contribution in [0.25, 0.3) is 0 Å². The highest BCUT2D eigenvalue weighted by molar-refractivity contribution is 14.0. The third-order valence-electron chi connectivity index (χ3n) is 5.06. The molecule has 0 aliphatic carbocycles. The van der Waals surface area contributed by atoms with E-state index in [1.165, 1.54) is 0 Å². The Hall–Kier alpha value is -0.710. The molecule has 0 atom stereocenters. The van der Waals surface area contributed by atoms with Crippen LogP contribution in [0.1, 0.15) is 31.4 Å². The Bertz CT molecular complexity index is 659. The Morgan fingerprint density at radius 3 is 2.50 bits per heavy atom. The zero-order chi connectivity index (χ0) is 19.8. The number of nitrogens with one attached hydrogen (secondary N) is 2. The number of nitrogens with two attached hydrogens (primary N) is 1. The van der Waals surface area contributed by atoms with Gasteiger partial charge in [-0.2, -0.15) is 0 Å². The molecule has 0 spiro atoms. The van der Waals surface area contributed by atoms with E-state index in [1.54, 1.807) is 7.05 Å². The number of nitrogens with zero attached hydrogens (tertiary/aromatic N) is 3. The first kappa shape index (κ1) is 25.3. The van der Waals surface area contributed by atoms with Gasteiger partial charge in [0.05, 0.1) is 11.6 Å². The van der Waals surface area contributed by atoms with Crippen LogP contribution in [0.4, 0.5) is 0 Å². The van der Waals surface area contributed by atoms with Gasteiger partial charge in [0.1, 0.15) is 5.15 Å². The normalized spacial score (nSPS) is 15.9. The molecule has 28 heavy (non-hydrogen) atoms. The van der Waals surface area contributed by atoms with Crippen LogP contribution in [0.2, 0.25) is 10.2 Å². The summed E-state index contributed by atoms with van der Waals surface area (Å²) in [7, 11) is 3.64. The van der Waals surface area contributed by atoms with Gasteiger partial charge in [0.15, 0.2) is 5.96 Å². The summed E-state index contributed by atoms with van der Waals surface area (Å²) in [6.45, 7) is 4.43. The minimum atomic E-state index is -0.155. The molecule has 2 heterocycles. The first-order chi connectivity index (χ1) is 12.9. The molecule has 1 amide bonds. The number of carbonyl (C=O) groups is 1. The molecule has 0 aromatic carbocycles. The van der Waals surface area contributed by atoms with Crippen LogP contribution in [-0.2, 0) is 18.4 Å². The molecule has 2 rings (SSSR count). The van der Waals surface area contributed by atoms with Crippen molar-refractivity contribution in [2.24, 2.45) is 23.7 Å². The number of hydrogen-bond donors (Lipinski definition) is 3. The van der Waals surface area contributed by atoms with E-state index in [-0.39, 0.29) is 35.8 Å². The summed E-state index contributed by atoms with van der Waals surface area (Å²) in [6, 6.07) is 1.85. The Kier molecular flexibility index (Phi) is 11.5. The van der Waals surface area contributed by atoms with E-state index in [1.807, 2.05) is 17.7 Å². The van der Waals surface area contributed by atoms with Crippen molar-refractivity contribution in [2.45, 2.75) is 32.2 Å². The summed E-state index contributed by atoms with van der Waals surface area (Å²) < 4.78 is 1.85. The lowest BCUT2D eigenvalue weighted by Crippen LogP contribution is -2.39. The summed E-state index contributed by atoms with van der Waals surface area (Å²) in [5.41, 5.74) is 6.37. The number of hydrogen-bond acceptors (Lipinski definition) is 3.